The van der Waals surface area contributed by atoms with Crippen molar-refractivity contribution in [2.24, 2.45) is 5.92 Å². The zero-order valence-electron chi connectivity index (χ0n) is 18.8. The number of benzene rings is 2. The van der Waals surface area contributed by atoms with Crippen LogP contribution < -0.4 is 14.8 Å². The molecule has 3 N–H and O–H groups in total. The van der Waals surface area contributed by atoms with Crippen LogP contribution in [0.25, 0.3) is 10.4 Å². The van der Waals surface area contributed by atoms with E-state index < -0.39 is 17.0 Å². The van der Waals surface area contributed by atoms with E-state index in [1.807, 2.05) is 13.0 Å². The maximum atomic E-state index is 13.1. The lowest BCUT2D eigenvalue weighted by Gasteiger charge is -2.12. The lowest BCUT2D eigenvalue weighted by molar-refractivity contribution is -0.119. The highest BCUT2D eigenvalue weighted by Gasteiger charge is 2.24. The predicted octanol–water partition coefficient (Wildman–Crippen LogP) is 5.09. The number of carboxylic acid groups (broad SMARTS) is 1. The average Bonchev–Trinajstić information content (AvgIpc) is 3.49. The van der Waals surface area contributed by atoms with Crippen molar-refractivity contribution in [3.63, 3.8) is 0 Å². The van der Waals surface area contributed by atoms with Gasteiger partial charge in [0.25, 0.3) is 0 Å². The number of rotatable bonds is 8. The van der Waals surface area contributed by atoms with Gasteiger partial charge in [0.2, 0.25) is 5.91 Å². The fraction of sp³-hybridized carbons (Fsp3) is 0.292. The number of nitrogens with one attached hydrogen (secondary N) is 2. The van der Waals surface area contributed by atoms with Gasteiger partial charge in [-0.25, -0.2) is 14.0 Å². The average molecular weight is 500 g/mol. The van der Waals surface area contributed by atoms with Crippen LogP contribution in [0.2, 0.25) is 0 Å². The molecule has 1 fully saturated rings. The number of aromatic carboxylic acids is 1. The summed E-state index contributed by atoms with van der Waals surface area (Å²) in [6.07, 6.45) is 4.01. The SMILES string of the molecule is COc1ccc(-c2sc(NC(=O)C3CCCC3)nc2C)cc1S(=O)Nc1ccc(C(=O)O)cc1. The number of hydrogen-bond donors (Lipinski definition) is 3. The van der Waals surface area contributed by atoms with Crippen LogP contribution in [0.3, 0.4) is 0 Å². The molecule has 2 aromatic carbocycles. The Labute approximate surface area is 204 Å². The van der Waals surface area contributed by atoms with Gasteiger partial charge in [-0.2, -0.15) is 0 Å². The fourth-order valence-corrected chi connectivity index (χ4v) is 5.91. The molecule has 178 valence electrons. The van der Waals surface area contributed by atoms with Gasteiger partial charge in [-0.3, -0.25) is 4.79 Å². The first-order chi connectivity index (χ1) is 16.4. The van der Waals surface area contributed by atoms with Gasteiger partial charge in [-0.05, 0) is 67.8 Å². The summed E-state index contributed by atoms with van der Waals surface area (Å²) >= 11 is 1.38. The number of carbonyl (C=O) groups excluding carboxylic acids is 1. The first kappa shape index (κ1) is 23.9. The highest BCUT2D eigenvalue weighted by atomic mass is 32.2. The normalized spacial score (nSPS) is 14.5. The Kier molecular flexibility index (Phi) is 7.28. The third-order valence-electron chi connectivity index (χ3n) is 5.72. The summed E-state index contributed by atoms with van der Waals surface area (Å²) < 4.78 is 21.4. The standard InChI is InChI=1S/C24H25N3O5S2/c1-14-21(33-24(25-14)26-22(28)15-5-3-4-6-15)17-9-12-19(32-2)20(13-17)34(31)27-18-10-7-16(8-11-18)23(29)30/h7-13,15,27H,3-6H2,1-2H3,(H,29,30)(H,25,26,28). The monoisotopic (exact) mass is 499 g/mol. The summed E-state index contributed by atoms with van der Waals surface area (Å²) in [7, 11) is -0.160. The van der Waals surface area contributed by atoms with Crippen LogP contribution in [0.15, 0.2) is 47.4 Å². The first-order valence-corrected chi connectivity index (χ1v) is 12.8. The number of anilines is 2. The summed E-state index contributed by atoms with van der Waals surface area (Å²) in [6.45, 7) is 1.88. The van der Waals surface area contributed by atoms with E-state index in [4.69, 9.17) is 9.84 Å². The Morgan fingerprint density at radius 3 is 2.50 bits per heavy atom. The second-order valence-electron chi connectivity index (χ2n) is 8.02. The minimum Gasteiger partial charge on any atom is -0.495 e. The van der Waals surface area contributed by atoms with Crippen molar-refractivity contribution in [2.75, 3.05) is 17.1 Å². The fourth-order valence-electron chi connectivity index (χ4n) is 3.92. The molecule has 1 saturated carbocycles. The number of aromatic nitrogens is 1. The Morgan fingerprint density at radius 2 is 1.85 bits per heavy atom. The number of thiazole rings is 1. The molecule has 1 aliphatic rings. The lowest BCUT2D eigenvalue weighted by atomic mass is 10.1. The van der Waals surface area contributed by atoms with Gasteiger partial charge in [-0.1, -0.05) is 24.2 Å². The molecule has 0 spiro atoms. The van der Waals surface area contributed by atoms with E-state index in [2.05, 4.69) is 15.0 Å². The molecule has 10 heteroatoms. The molecule has 3 aromatic rings. The van der Waals surface area contributed by atoms with Crippen LogP contribution in [-0.2, 0) is 15.8 Å². The number of amides is 1. The third kappa shape index (κ3) is 5.28. The van der Waals surface area contributed by atoms with Gasteiger partial charge in [0.15, 0.2) is 16.1 Å². The molecule has 34 heavy (non-hydrogen) atoms. The van der Waals surface area contributed by atoms with Crippen molar-refractivity contribution in [1.82, 2.24) is 4.98 Å². The smallest absolute Gasteiger partial charge is 0.335 e. The molecule has 4 rings (SSSR count). The summed E-state index contributed by atoms with van der Waals surface area (Å²) in [4.78, 5) is 29.4. The highest BCUT2D eigenvalue weighted by molar-refractivity contribution is 7.86. The van der Waals surface area contributed by atoms with Gasteiger partial charge in [0.05, 0.1) is 23.2 Å². The number of aryl methyl sites for hydroxylation is 1. The zero-order chi connectivity index (χ0) is 24.2. The van der Waals surface area contributed by atoms with Crippen LogP contribution in [0.1, 0.15) is 41.7 Å². The molecule has 1 heterocycles. The molecule has 0 radical (unpaired) electrons. The van der Waals surface area contributed by atoms with Crippen LogP contribution in [0.4, 0.5) is 10.8 Å². The van der Waals surface area contributed by atoms with Crippen molar-refractivity contribution in [1.29, 1.82) is 0 Å². The molecule has 1 amide bonds. The maximum absolute atomic E-state index is 13.1. The van der Waals surface area contributed by atoms with Crippen molar-refractivity contribution in [3.05, 3.63) is 53.7 Å². The number of methoxy groups -OCH3 is 1. The molecule has 1 aliphatic carbocycles. The van der Waals surface area contributed by atoms with Gasteiger partial charge in [0, 0.05) is 11.6 Å². The largest absolute Gasteiger partial charge is 0.495 e. The summed E-state index contributed by atoms with van der Waals surface area (Å²) in [5.74, 6) is -0.500. The topological polar surface area (TPSA) is 118 Å². The molecule has 8 nitrogen and oxygen atoms in total. The number of nitrogens with zero attached hydrogens (tertiary/aromatic N) is 1. The minimum atomic E-state index is -1.67. The molecule has 0 saturated heterocycles. The number of ether oxygens (including phenoxy) is 1. The third-order valence-corrected chi connectivity index (χ3v) is 7.98. The minimum absolute atomic E-state index is 0.0208. The summed E-state index contributed by atoms with van der Waals surface area (Å²) in [5, 5.41) is 12.6. The molecule has 1 atom stereocenters. The van der Waals surface area contributed by atoms with Crippen molar-refractivity contribution in [2.45, 2.75) is 37.5 Å². The van der Waals surface area contributed by atoms with Gasteiger partial charge >= 0.3 is 5.97 Å². The van der Waals surface area contributed by atoms with Crippen LogP contribution >= 0.6 is 11.3 Å². The predicted molar refractivity (Wildman–Crippen MR) is 133 cm³/mol. The number of hydrogen-bond acceptors (Lipinski definition) is 6. The Balaban J connectivity index is 1.56. The van der Waals surface area contributed by atoms with Gasteiger partial charge < -0.3 is 19.9 Å². The van der Waals surface area contributed by atoms with E-state index >= 15 is 0 Å². The van der Waals surface area contributed by atoms with Crippen LogP contribution in [0, 0.1) is 12.8 Å². The van der Waals surface area contributed by atoms with Crippen molar-refractivity contribution < 1.29 is 23.6 Å². The number of carbonyl (C=O) groups is 2. The second-order valence-corrected chi connectivity index (χ2v) is 10.2. The Bertz CT molecular complexity index is 1230. The summed E-state index contributed by atoms with van der Waals surface area (Å²) in [5.41, 5.74) is 2.24. The zero-order valence-corrected chi connectivity index (χ0v) is 20.4. The molecule has 0 aliphatic heterocycles. The maximum Gasteiger partial charge on any atom is 0.335 e. The molecular weight excluding hydrogens is 474 g/mol. The van der Waals surface area contributed by atoms with E-state index in [1.165, 1.54) is 30.6 Å². The number of carboxylic acids is 1. The van der Waals surface area contributed by atoms with Gasteiger partial charge in [-0.15, -0.1) is 0 Å². The second kappa shape index (κ2) is 10.4. The van der Waals surface area contributed by atoms with Crippen molar-refractivity contribution >= 4 is 45.0 Å². The van der Waals surface area contributed by atoms with Crippen LogP contribution in [0.5, 0.6) is 5.75 Å². The van der Waals surface area contributed by atoms with E-state index in [1.54, 1.807) is 24.3 Å². The van der Waals surface area contributed by atoms with E-state index in [0.29, 0.717) is 21.5 Å². The van der Waals surface area contributed by atoms with E-state index in [-0.39, 0.29) is 17.4 Å². The van der Waals surface area contributed by atoms with Crippen molar-refractivity contribution in [3.8, 4) is 16.2 Å². The Morgan fingerprint density at radius 1 is 1.15 bits per heavy atom. The summed E-state index contributed by atoms with van der Waals surface area (Å²) in [6, 6.07) is 11.4. The van der Waals surface area contributed by atoms with Gasteiger partial charge in [0.1, 0.15) is 10.6 Å². The highest BCUT2D eigenvalue weighted by Crippen LogP contribution is 2.37. The quantitative estimate of drug-likeness (QED) is 0.397. The van der Waals surface area contributed by atoms with E-state index in [0.717, 1.165) is 41.8 Å². The van der Waals surface area contributed by atoms with Crippen LogP contribution in [-0.4, -0.2) is 33.3 Å². The first-order valence-electron chi connectivity index (χ1n) is 10.8. The Hall–Kier alpha value is -3.24. The molecule has 0 bridgehead atoms. The molecule has 1 unspecified atom stereocenters. The lowest BCUT2D eigenvalue weighted by Crippen LogP contribution is -2.20. The van der Waals surface area contributed by atoms with E-state index in [9.17, 15) is 13.8 Å². The molecule has 1 aromatic heterocycles. The molecular formula is C24H25N3O5S2.